The Morgan fingerprint density at radius 2 is 1.95 bits per heavy atom. The summed E-state index contributed by atoms with van der Waals surface area (Å²) in [7, 11) is 0. The quantitative estimate of drug-likeness (QED) is 0.720. The number of fused-ring (bicyclic) bond motifs is 1. The molecule has 0 amide bonds. The normalized spacial score (nSPS) is 10.5. The van der Waals surface area contributed by atoms with Gasteiger partial charge in [-0.15, -0.1) is 0 Å². The van der Waals surface area contributed by atoms with Crippen molar-refractivity contribution in [2.24, 2.45) is 0 Å². The maximum Gasteiger partial charge on any atom is 0.261 e. The fourth-order valence-electron chi connectivity index (χ4n) is 2.13. The second kappa shape index (κ2) is 5.51. The van der Waals surface area contributed by atoms with Crippen LogP contribution in [0.1, 0.15) is 11.1 Å². The number of rotatable bonds is 2. The van der Waals surface area contributed by atoms with Crippen molar-refractivity contribution in [1.82, 2.24) is 9.55 Å². The average Bonchev–Trinajstić information content (AvgIpc) is 2.51. The van der Waals surface area contributed by atoms with Crippen LogP contribution in [0.5, 0.6) is 0 Å². The summed E-state index contributed by atoms with van der Waals surface area (Å²) >= 11 is 3.37. The monoisotopic (exact) mass is 339 g/mol. The Balaban J connectivity index is 2.01. The van der Waals surface area contributed by atoms with Crippen LogP contribution in [0.25, 0.3) is 10.9 Å². The van der Waals surface area contributed by atoms with Crippen molar-refractivity contribution in [2.75, 3.05) is 0 Å². The van der Waals surface area contributed by atoms with Crippen molar-refractivity contribution in [1.29, 1.82) is 5.26 Å². The van der Waals surface area contributed by atoms with Gasteiger partial charge in [0.2, 0.25) is 0 Å². The zero-order valence-electron chi connectivity index (χ0n) is 11.0. The molecule has 0 unspecified atom stereocenters. The second-order valence-electron chi connectivity index (χ2n) is 4.65. The molecule has 0 bridgehead atoms. The van der Waals surface area contributed by atoms with Crippen molar-refractivity contribution in [3.8, 4) is 6.07 Å². The van der Waals surface area contributed by atoms with Crippen LogP contribution in [0.3, 0.4) is 0 Å². The molecule has 5 heteroatoms. The van der Waals surface area contributed by atoms with E-state index in [1.807, 2.05) is 24.3 Å². The van der Waals surface area contributed by atoms with Crippen molar-refractivity contribution >= 4 is 26.8 Å². The van der Waals surface area contributed by atoms with Crippen LogP contribution in [0.15, 0.2) is 58.1 Å². The molecule has 0 fully saturated rings. The predicted molar refractivity (Wildman–Crippen MR) is 84.0 cm³/mol. The van der Waals surface area contributed by atoms with E-state index in [4.69, 9.17) is 5.26 Å². The minimum atomic E-state index is -0.0724. The number of nitrogens with zero attached hydrogens (tertiary/aromatic N) is 3. The first kappa shape index (κ1) is 13.5. The van der Waals surface area contributed by atoms with E-state index in [-0.39, 0.29) is 5.56 Å². The molecule has 0 N–H and O–H groups in total. The van der Waals surface area contributed by atoms with Gasteiger partial charge in [-0.3, -0.25) is 9.36 Å². The molecule has 1 heterocycles. The maximum absolute atomic E-state index is 12.4. The van der Waals surface area contributed by atoms with Crippen LogP contribution in [0.4, 0.5) is 0 Å². The number of hydrogen-bond acceptors (Lipinski definition) is 3. The topological polar surface area (TPSA) is 58.7 Å². The Labute approximate surface area is 129 Å². The van der Waals surface area contributed by atoms with Crippen molar-refractivity contribution in [3.63, 3.8) is 0 Å². The highest BCUT2D eigenvalue weighted by Gasteiger charge is 2.05. The molecule has 3 aromatic rings. The Morgan fingerprint density at radius 1 is 1.19 bits per heavy atom. The SMILES string of the molecule is N#Cc1ccc(Cn2cnc3cc(Br)ccc3c2=O)cc1. The van der Waals surface area contributed by atoms with Gasteiger partial charge < -0.3 is 0 Å². The lowest BCUT2D eigenvalue weighted by atomic mass is 10.1. The van der Waals surface area contributed by atoms with Gasteiger partial charge in [-0.25, -0.2) is 4.98 Å². The first-order valence-electron chi connectivity index (χ1n) is 6.31. The van der Waals surface area contributed by atoms with E-state index in [0.29, 0.717) is 23.0 Å². The first-order chi connectivity index (χ1) is 10.2. The molecular weight excluding hydrogens is 330 g/mol. The maximum atomic E-state index is 12.4. The van der Waals surface area contributed by atoms with Gasteiger partial charge in [0.1, 0.15) is 0 Å². The molecule has 0 aliphatic carbocycles. The average molecular weight is 340 g/mol. The summed E-state index contributed by atoms with van der Waals surface area (Å²) < 4.78 is 2.46. The Hall–Kier alpha value is -2.45. The molecule has 102 valence electrons. The van der Waals surface area contributed by atoms with Gasteiger partial charge in [0, 0.05) is 4.47 Å². The van der Waals surface area contributed by atoms with E-state index in [9.17, 15) is 4.79 Å². The number of benzene rings is 2. The Kier molecular flexibility index (Phi) is 3.55. The van der Waals surface area contributed by atoms with E-state index in [1.165, 1.54) is 0 Å². The molecule has 0 saturated carbocycles. The second-order valence-corrected chi connectivity index (χ2v) is 5.56. The predicted octanol–water partition coefficient (Wildman–Crippen LogP) is 3.08. The lowest BCUT2D eigenvalue weighted by Gasteiger charge is -2.07. The lowest BCUT2D eigenvalue weighted by molar-refractivity contribution is 0.748. The zero-order chi connectivity index (χ0) is 14.8. The van der Waals surface area contributed by atoms with E-state index in [2.05, 4.69) is 27.0 Å². The summed E-state index contributed by atoms with van der Waals surface area (Å²) in [5.41, 5.74) is 2.16. The summed E-state index contributed by atoms with van der Waals surface area (Å²) in [5, 5.41) is 9.38. The largest absolute Gasteiger partial charge is 0.294 e. The summed E-state index contributed by atoms with van der Waals surface area (Å²) in [6, 6.07) is 14.7. The molecule has 1 aromatic heterocycles. The standard InChI is InChI=1S/C16H10BrN3O/c17-13-5-6-14-15(7-13)19-10-20(16(14)21)9-12-3-1-11(8-18)2-4-12/h1-7,10H,9H2. The van der Waals surface area contributed by atoms with Gasteiger partial charge >= 0.3 is 0 Å². The van der Waals surface area contributed by atoms with Crippen LogP contribution in [0.2, 0.25) is 0 Å². The van der Waals surface area contributed by atoms with Gasteiger partial charge in [-0.1, -0.05) is 28.1 Å². The number of hydrogen-bond donors (Lipinski definition) is 0. The minimum Gasteiger partial charge on any atom is -0.294 e. The number of halogens is 1. The lowest BCUT2D eigenvalue weighted by Crippen LogP contribution is -2.21. The highest BCUT2D eigenvalue weighted by Crippen LogP contribution is 2.15. The fourth-order valence-corrected chi connectivity index (χ4v) is 2.47. The van der Waals surface area contributed by atoms with Crippen LogP contribution in [-0.2, 0) is 6.54 Å². The minimum absolute atomic E-state index is 0.0724. The van der Waals surface area contributed by atoms with Gasteiger partial charge in [-0.05, 0) is 35.9 Å². The molecule has 0 aliphatic rings. The molecule has 0 atom stereocenters. The van der Waals surface area contributed by atoms with E-state index in [1.54, 1.807) is 29.1 Å². The highest BCUT2D eigenvalue weighted by molar-refractivity contribution is 9.10. The van der Waals surface area contributed by atoms with Gasteiger partial charge in [0.05, 0.1) is 35.4 Å². The third kappa shape index (κ3) is 2.71. The molecular formula is C16H10BrN3O. The third-order valence-electron chi connectivity index (χ3n) is 3.22. The molecule has 0 radical (unpaired) electrons. The van der Waals surface area contributed by atoms with Crippen molar-refractivity contribution in [2.45, 2.75) is 6.54 Å². The molecule has 3 rings (SSSR count). The first-order valence-corrected chi connectivity index (χ1v) is 7.10. The number of nitriles is 1. The molecule has 2 aromatic carbocycles. The zero-order valence-corrected chi connectivity index (χ0v) is 12.5. The van der Waals surface area contributed by atoms with Crippen LogP contribution >= 0.6 is 15.9 Å². The van der Waals surface area contributed by atoms with Crippen LogP contribution < -0.4 is 5.56 Å². The summed E-state index contributed by atoms with van der Waals surface area (Å²) in [4.78, 5) is 16.7. The van der Waals surface area contributed by atoms with Crippen molar-refractivity contribution < 1.29 is 0 Å². The highest BCUT2D eigenvalue weighted by atomic mass is 79.9. The molecule has 0 saturated heterocycles. The van der Waals surface area contributed by atoms with Gasteiger partial charge in [-0.2, -0.15) is 5.26 Å². The summed E-state index contributed by atoms with van der Waals surface area (Å²) in [5.74, 6) is 0. The van der Waals surface area contributed by atoms with Gasteiger partial charge in [0.15, 0.2) is 0 Å². The smallest absolute Gasteiger partial charge is 0.261 e. The number of aromatic nitrogens is 2. The van der Waals surface area contributed by atoms with Gasteiger partial charge in [0.25, 0.3) is 5.56 Å². The molecule has 21 heavy (non-hydrogen) atoms. The van der Waals surface area contributed by atoms with E-state index >= 15 is 0 Å². The van der Waals surface area contributed by atoms with E-state index < -0.39 is 0 Å². The Morgan fingerprint density at radius 3 is 2.67 bits per heavy atom. The fraction of sp³-hybridized carbons (Fsp3) is 0.0625. The van der Waals surface area contributed by atoms with Crippen molar-refractivity contribution in [3.05, 3.63) is 74.7 Å². The molecule has 0 spiro atoms. The third-order valence-corrected chi connectivity index (χ3v) is 3.72. The van der Waals surface area contributed by atoms with E-state index in [0.717, 1.165) is 10.0 Å². The summed E-state index contributed by atoms with van der Waals surface area (Å²) in [6.45, 7) is 0.434. The molecule has 0 aliphatic heterocycles. The van der Waals surface area contributed by atoms with Crippen LogP contribution in [0, 0.1) is 11.3 Å². The molecule has 4 nitrogen and oxygen atoms in total. The van der Waals surface area contributed by atoms with Crippen LogP contribution in [-0.4, -0.2) is 9.55 Å². The Bertz CT molecular complexity index is 907. The summed E-state index contributed by atoms with van der Waals surface area (Å²) in [6.07, 6.45) is 1.55.